The van der Waals surface area contributed by atoms with Crippen molar-refractivity contribution in [1.82, 2.24) is 9.97 Å². The summed E-state index contributed by atoms with van der Waals surface area (Å²) in [7, 11) is 4.55. The van der Waals surface area contributed by atoms with Gasteiger partial charge in [-0.2, -0.15) is 0 Å². The first-order chi connectivity index (χ1) is 17.9. The molecule has 1 aliphatic heterocycles. The van der Waals surface area contributed by atoms with E-state index in [4.69, 9.17) is 25.8 Å². The number of Topliss-reactive ketones (excluding diaryl/α,β-unsaturated/α-hetero) is 1. The lowest BCUT2D eigenvalue weighted by atomic mass is 9.95. The van der Waals surface area contributed by atoms with E-state index in [0.29, 0.717) is 33.8 Å². The van der Waals surface area contributed by atoms with Crippen molar-refractivity contribution in [1.29, 1.82) is 0 Å². The molecule has 0 radical (unpaired) electrons. The number of ether oxygens (including phenoxy) is 3. The molecule has 0 aliphatic carbocycles. The van der Waals surface area contributed by atoms with E-state index in [1.54, 1.807) is 61.7 Å². The maximum atomic E-state index is 13.4. The van der Waals surface area contributed by atoms with Gasteiger partial charge in [-0.15, -0.1) is 0 Å². The predicted octanol–water partition coefficient (Wildman–Crippen LogP) is 4.87. The molecule has 0 spiro atoms. The second kappa shape index (κ2) is 9.51. The number of aromatic amines is 1. The number of benzene rings is 3. The van der Waals surface area contributed by atoms with Crippen LogP contribution in [0.5, 0.6) is 17.2 Å². The molecule has 37 heavy (non-hydrogen) atoms. The van der Waals surface area contributed by atoms with Gasteiger partial charge in [0.2, 0.25) is 5.95 Å². The molecule has 0 saturated carbocycles. The Morgan fingerprint density at radius 2 is 1.54 bits per heavy atom. The van der Waals surface area contributed by atoms with Crippen LogP contribution < -0.4 is 19.1 Å². The minimum Gasteiger partial charge on any atom is -0.507 e. The summed E-state index contributed by atoms with van der Waals surface area (Å²) in [4.78, 5) is 35.7. The number of methoxy groups -OCH3 is 3. The van der Waals surface area contributed by atoms with E-state index in [9.17, 15) is 14.7 Å². The summed E-state index contributed by atoms with van der Waals surface area (Å²) in [5.41, 5.74) is 1.76. The molecule has 5 rings (SSSR count). The third-order valence-corrected chi connectivity index (χ3v) is 6.54. The minimum atomic E-state index is -1.00. The average Bonchev–Trinajstić information content (AvgIpc) is 3.46. The molecule has 4 aromatic rings. The highest BCUT2D eigenvalue weighted by molar-refractivity contribution is 6.51. The Balaban J connectivity index is 1.73. The van der Waals surface area contributed by atoms with Gasteiger partial charge in [-0.05, 0) is 48.0 Å². The fraction of sp³-hybridized carbons (Fsp3) is 0.148. The Kier molecular flexibility index (Phi) is 6.22. The first kappa shape index (κ1) is 24.2. The van der Waals surface area contributed by atoms with Crippen molar-refractivity contribution in [2.24, 2.45) is 0 Å². The van der Waals surface area contributed by atoms with E-state index in [1.807, 2.05) is 0 Å². The van der Waals surface area contributed by atoms with Crippen molar-refractivity contribution in [3.63, 3.8) is 0 Å². The van der Waals surface area contributed by atoms with Gasteiger partial charge in [-0.1, -0.05) is 23.7 Å². The first-order valence-corrected chi connectivity index (χ1v) is 11.6. The van der Waals surface area contributed by atoms with Gasteiger partial charge in [-0.3, -0.25) is 14.5 Å². The van der Waals surface area contributed by atoms with Crippen LogP contribution in [0.15, 0.2) is 66.2 Å². The number of fused-ring (bicyclic) bond motifs is 1. The molecular formula is C27H22ClN3O6. The molecule has 1 aromatic heterocycles. The van der Waals surface area contributed by atoms with Crippen LogP contribution in [0.4, 0.5) is 5.95 Å². The van der Waals surface area contributed by atoms with E-state index in [1.165, 1.54) is 25.2 Å². The number of nitrogens with one attached hydrogen (secondary N) is 1. The number of aliphatic hydroxyl groups excluding tert-OH is 1. The number of ketones is 1. The van der Waals surface area contributed by atoms with Crippen molar-refractivity contribution in [3.05, 3.63) is 82.4 Å². The van der Waals surface area contributed by atoms with Gasteiger partial charge in [0, 0.05) is 11.6 Å². The Labute approximate surface area is 216 Å². The highest BCUT2D eigenvalue weighted by Gasteiger charge is 2.48. The number of halogens is 1. The zero-order valence-corrected chi connectivity index (χ0v) is 20.9. The Hall–Kier alpha value is -4.50. The summed E-state index contributed by atoms with van der Waals surface area (Å²) < 4.78 is 15.8. The Morgan fingerprint density at radius 1 is 0.919 bits per heavy atom. The number of hydrogen-bond acceptors (Lipinski definition) is 7. The van der Waals surface area contributed by atoms with Crippen LogP contribution in [-0.2, 0) is 9.59 Å². The molecule has 1 saturated heterocycles. The van der Waals surface area contributed by atoms with Gasteiger partial charge in [0.1, 0.15) is 23.0 Å². The number of nitrogens with zero attached hydrogens (tertiary/aromatic N) is 2. The molecule has 10 heteroatoms. The molecule has 9 nitrogen and oxygen atoms in total. The van der Waals surface area contributed by atoms with Gasteiger partial charge >= 0.3 is 5.91 Å². The summed E-state index contributed by atoms with van der Waals surface area (Å²) in [6.45, 7) is 0. The maximum absolute atomic E-state index is 13.4. The summed E-state index contributed by atoms with van der Waals surface area (Å²) in [5, 5.41) is 11.6. The van der Waals surface area contributed by atoms with Crippen molar-refractivity contribution in [2.75, 3.05) is 26.2 Å². The lowest BCUT2D eigenvalue weighted by molar-refractivity contribution is -0.132. The van der Waals surface area contributed by atoms with Crippen molar-refractivity contribution in [3.8, 4) is 17.2 Å². The molecule has 1 aliphatic rings. The van der Waals surface area contributed by atoms with Gasteiger partial charge in [-0.25, -0.2) is 4.98 Å². The minimum absolute atomic E-state index is 0.136. The molecule has 0 bridgehead atoms. The molecular weight excluding hydrogens is 498 g/mol. The quantitative estimate of drug-likeness (QED) is 0.212. The fourth-order valence-electron chi connectivity index (χ4n) is 4.33. The first-order valence-electron chi connectivity index (χ1n) is 11.2. The molecule has 188 valence electrons. The zero-order chi connectivity index (χ0) is 26.3. The summed E-state index contributed by atoms with van der Waals surface area (Å²) >= 11 is 6.37. The smallest absolute Gasteiger partial charge is 0.302 e. The largest absolute Gasteiger partial charge is 0.507 e. The highest BCUT2D eigenvalue weighted by atomic mass is 35.5. The van der Waals surface area contributed by atoms with E-state index in [2.05, 4.69) is 9.97 Å². The third kappa shape index (κ3) is 4.13. The van der Waals surface area contributed by atoms with Crippen molar-refractivity contribution in [2.45, 2.75) is 6.04 Å². The summed E-state index contributed by atoms with van der Waals surface area (Å²) in [5.74, 6) is -0.406. The van der Waals surface area contributed by atoms with Crippen LogP contribution in [-0.4, -0.2) is 48.1 Å². The van der Waals surface area contributed by atoms with E-state index in [0.717, 1.165) is 0 Å². The Bertz CT molecular complexity index is 1560. The second-order valence-corrected chi connectivity index (χ2v) is 8.64. The summed E-state index contributed by atoms with van der Waals surface area (Å²) in [6, 6.07) is 15.7. The number of amides is 1. The molecule has 1 unspecified atom stereocenters. The highest BCUT2D eigenvalue weighted by Crippen LogP contribution is 2.43. The second-order valence-electron chi connectivity index (χ2n) is 8.23. The standard InChI is InChI=1S/C27H22ClN3O6/c1-35-15-6-4-14(5-7-15)23-22(24(32)18-12-16(36-2)8-10-19(18)28)25(33)26(34)31(23)27-29-20-11-9-17(37-3)13-21(20)30-27/h4-13,23,32H,1-3H3,(H,29,30)/b24-22+. The molecule has 1 fully saturated rings. The van der Waals surface area contributed by atoms with Gasteiger partial charge in [0.05, 0.1) is 49.0 Å². The number of carbonyl (C=O) groups is 2. The number of aromatic nitrogens is 2. The zero-order valence-electron chi connectivity index (χ0n) is 20.1. The number of carbonyl (C=O) groups excluding carboxylic acids is 2. The van der Waals surface area contributed by atoms with Gasteiger partial charge < -0.3 is 24.3 Å². The van der Waals surface area contributed by atoms with Crippen LogP contribution in [0.2, 0.25) is 5.02 Å². The average molecular weight is 520 g/mol. The van der Waals surface area contributed by atoms with Gasteiger partial charge in [0.25, 0.3) is 5.78 Å². The molecule has 2 heterocycles. The number of hydrogen-bond donors (Lipinski definition) is 2. The van der Waals surface area contributed by atoms with Crippen molar-refractivity contribution < 1.29 is 28.9 Å². The monoisotopic (exact) mass is 519 g/mol. The maximum Gasteiger partial charge on any atom is 0.302 e. The van der Waals surface area contributed by atoms with Gasteiger partial charge in [0.15, 0.2) is 0 Å². The number of H-pyrrole nitrogens is 1. The lowest BCUT2D eigenvalue weighted by Crippen LogP contribution is -2.30. The SMILES string of the molecule is COc1ccc(C2/C(=C(\O)c3cc(OC)ccc3Cl)C(=O)C(=O)N2c2nc3ccc(OC)cc3[nH]2)cc1. The van der Waals surface area contributed by atoms with E-state index < -0.39 is 23.5 Å². The topological polar surface area (TPSA) is 114 Å². The summed E-state index contributed by atoms with van der Waals surface area (Å²) in [6.07, 6.45) is 0. The molecule has 3 aromatic carbocycles. The number of imidazole rings is 1. The van der Waals surface area contributed by atoms with Crippen molar-refractivity contribution >= 4 is 46.0 Å². The predicted molar refractivity (Wildman–Crippen MR) is 138 cm³/mol. The molecule has 2 N–H and O–H groups in total. The van der Waals surface area contributed by atoms with Crippen LogP contribution in [0.3, 0.4) is 0 Å². The van der Waals surface area contributed by atoms with Crippen LogP contribution in [0.25, 0.3) is 16.8 Å². The third-order valence-electron chi connectivity index (χ3n) is 6.21. The van der Waals surface area contributed by atoms with Crippen LogP contribution in [0.1, 0.15) is 17.2 Å². The number of anilines is 1. The van der Waals surface area contributed by atoms with E-state index in [-0.39, 0.29) is 22.1 Å². The normalized spacial score (nSPS) is 16.9. The Morgan fingerprint density at radius 3 is 2.22 bits per heavy atom. The number of aliphatic hydroxyl groups is 1. The van der Waals surface area contributed by atoms with Crippen LogP contribution in [0, 0.1) is 0 Å². The lowest BCUT2D eigenvalue weighted by Gasteiger charge is -2.23. The van der Waals surface area contributed by atoms with E-state index >= 15 is 0 Å². The molecule has 1 atom stereocenters. The molecule has 1 amide bonds. The van der Waals surface area contributed by atoms with Crippen LogP contribution >= 0.6 is 11.6 Å². The fourth-order valence-corrected chi connectivity index (χ4v) is 4.53. The number of rotatable bonds is 6.